The third-order valence-corrected chi connectivity index (χ3v) is 6.70. The summed E-state index contributed by atoms with van der Waals surface area (Å²) in [5, 5.41) is 6.76. The number of hydrogen-bond donors (Lipinski definition) is 2. The van der Waals surface area contributed by atoms with E-state index in [1.54, 1.807) is 18.3 Å². The molecule has 0 radical (unpaired) electrons. The van der Waals surface area contributed by atoms with Crippen molar-refractivity contribution >= 4 is 16.0 Å². The fourth-order valence-corrected chi connectivity index (χ4v) is 4.24. The quantitative estimate of drug-likeness (QED) is 0.396. The van der Waals surface area contributed by atoms with E-state index in [0.29, 0.717) is 13.1 Å². The smallest absolute Gasteiger partial charge is 0.213 e. The minimum absolute atomic E-state index is 0.174. The Morgan fingerprint density at radius 1 is 1.35 bits per heavy atom. The maximum atomic E-state index is 11.9. The fraction of sp³-hybridized carbons (Fsp3) is 0.765. The summed E-state index contributed by atoms with van der Waals surface area (Å²) < 4.78 is 27.6. The number of hydrogen-bond acceptors (Lipinski definition) is 4. The van der Waals surface area contributed by atoms with E-state index in [0.717, 1.165) is 50.6 Å². The van der Waals surface area contributed by atoms with Gasteiger partial charge in [-0.2, -0.15) is 0 Å². The highest BCUT2D eigenvalue weighted by Gasteiger charge is 2.26. The number of nitrogens with one attached hydrogen (secondary N) is 2. The number of aryl methyl sites for hydroxylation is 2. The lowest BCUT2D eigenvalue weighted by Gasteiger charge is -2.32. The highest BCUT2D eigenvalue weighted by atomic mass is 32.2. The molecule has 0 bridgehead atoms. The van der Waals surface area contributed by atoms with Crippen LogP contribution in [-0.4, -0.2) is 66.7 Å². The fourth-order valence-electron chi connectivity index (χ4n) is 3.10. The number of nitrogens with zero attached hydrogens (tertiary/aromatic N) is 4. The maximum Gasteiger partial charge on any atom is 0.213 e. The van der Waals surface area contributed by atoms with Crippen LogP contribution in [-0.2, 0) is 16.6 Å². The minimum atomic E-state index is -3.07. The molecule has 1 aliphatic rings. The SMILES string of the molecule is CCS(=O)(=O)N1CCC(NC(=NC)NCCCCn2ccnc2C)CC1. The summed E-state index contributed by atoms with van der Waals surface area (Å²) in [6.45, 7) is 6.70. The molecule has 0 unspecified atom stereocenters. The van der Waals surface area contributed by atoms with Crippen molar-refractivity contribution < 1.29 is 8.42 Å². The van der Waals surface area contributed by atoms with E-state index in [2.05, 4.69) is 25.2 Å². The van der Waals surface area contributed by atoms with Gasteiger partial charge in [0.1, 0.15) is 5.82 Å². The molecule has 2 N–H and O–H groups in total. The third kappa shape index (κ3) is 5.98. The van der Waals surface area contributed by atoms with Crippen molar-refractivity contribution in [1.29, 1.82) is 0 Å². The molecule has 1 aliphatic heterocycles. The number of aliphatic imine (C=N–C) groups is 1. The van der Waals surface area contributed by atoms with Crippen LogP contribution in [0.15, 0.2) is 17.4 Å². The largest absolute Gasteiger partial charge is 0.356 e. The third-order valence-electron chi connectivity index (χ3n) is 4.82. The van der Waals surface area contributed by atoms with Gasteiger partial charge in [-0.05, 0) is 39.5 Å². The van der Waals surface area contributed by atoms with Crippen LogP contribution in [0.1, 0.15) is 38.4 Å². The molecule has 2 rings (SSSR count). The van der Waals surface area contributed by atoms with Gasteiger partial charge in [0.25, 0.3) is 0 Å². The summed E-state index contributed by atoms with van der Waals surface area (Å²) in [6, 6.07) is 0.262. The van der Waals surface area contributed by atoms with E-state index in [-0.39, 0.29) is 11.8 Å². The Bertz CT molecular complexity index is 677. The second-order valence-corrected chi connectivity index (χ2v) is 8.85. The Morgan fingerprint density at radius 3 is 2.65 bits per heavy atom. The number of guanidine groups is 1. The van der Waals surface area contributed by atoms with E-state index in [1.807, 2.05) is 19.3 Å². The number of rotatable bonds is 8. The highest BCUT2D eigenvalue weighted by molar-refractivity contribution is 7.89. The molecule has 1 aromatic rings. The van der Waals surface area contributed by atoms with Gasteiger partial charge < -0.3 is 15.2 Å². The van der Waals surface area contributed by atoms with Gasteiger partial charge in [0.2, 0.25) is 10.0 Å². The molecular formula is C17H32N6O2S. The first-order valence-corrected chi connectivity index (χ1v) is 11.0. The second kappa shape index (κ2) is 9.91. The number of sulfonamides is 1. The van der Waals surface area contributed by atoms with Gasteiger partial charge >= 0.3 is 0 Å². The predicted molar refractivity (Wildman–Crippen MR) is 105 cm³/mol. The van der Waals surface area contributed by atoms with Crippen LogP contribution in [0.2, 0.25) is 0 Å². The van der Waals surface area contributed by atoms with Crippen molar-refractivity contribution in [2.24, 2.45) is 4.99 Å². The molecule has 1 aromatic heterocycles. The Labute approximate surface area is 157 Å². The molecule has 0 spiro atoms. The standard InChI is InChI=1S/C17H32N6O2S/c1-4-26(24,25)23-12-7-16(8-13-23)21-17(18-3)20-9-5-6-11-22-14-10-19-15(22)2/h10,14,16H,4-9,11-13H2,1-3H3,(H2,18,20,21). The van der Waals surface area contributed by atoms with Crippen LogP contribution in [0.5, 0.6) is 0 Å². The minimum Gasteiger partial charge on any atom is -0.356 e. The zero-order chi connectivity index (χ0) is 19.0. The maximum absolute atomic E-state index is 11.9. The zero-order valence-electron chi connectivity index (χ0n) is 16.1. The lowest BCUT2D eigenvalue weighted by Crippen LogP contribution is -2.50. The molecular weight excluding hydrogens is 352 g/mol. The van der Waals surface area contributed by atoms with Gasteiger partial charge in [-0.25, -0.2) is 17.7 Å². The first kappa shape index (κ1) is 20.7. The van der Waals surface area contributed by atoms with E-state index in [9.17, 15) is 8.42 Å². The molecule has 0 aliphatic carbocycles. The zero-order valence-corrected chi connectivity index (χ0v) is 16.9. The van der Waals surface area contributed by atoms with Gasteiger partial charge in [0.15, 0.2) is 5.96 Å². The molecule has 148 valence electrons. The summed E-state index contributed by atoms with van der Waals surface area (Å²) in [7, 11) is -1.30. The van der Waals surface area contributed by atoms with Crippen LogP contribution in [0.3, 0.4) is 0 Å². The van der Waals surface area contributed by atoms with Crippen LogP contribution < -0.4 is 10.6 Å². The van der Waals surface area contributed by atoms with Gasteiger partial charge in [-0.3, -0.25) is 4.99 Å². The Morgan fingerprint density at radius 2 is 2.08 bits per heavy atom. The van der Waals surface area contributed by atoms with E-state index in [1.165, 1.54) is 0 Å². The molecule has 9 heteroatoms. The topological polar surface area (TPSA) is 91.6 Å². The molecule has 1 saturated heterocycles. The first-order valence-electron chi connectivity index (χ1n) is 9.39. The van der Waals surface area contributed by atoms with Gasteiger partial charge in [-0.1, -0.05) is 0 Å². The number of piperidine rings is 1. The molecule has 0 amide bonds. The van der Waals surface area contributed by atoms with Crippen molar-refractivity contribution in [3.8, 4) is 0 Å². The van der Waals surface area contributed by atoms with Crippen LogP contribution in [0.4, 0.5) is 0 Å². The van der Waals surface area contributed by atoms with Crippen LogP contribution in [0, 0.1) is 6.92 Å². The van der Waals surface area contributed by atoms with E-state index >= 15 is 0 Å². The van der Waals surface area contributed by atoms with E-state index < -0.39 is 10.0 Å². The predicted octanol–water partition coefficient (Wildman–Crippen LogP) is 0.951. The van der Waals surface area contributed by atoms with Crippen molar-refractivity contribution in [3.05, 3.63) is 18.2 Å². The first-order chi connectivity index (χ1) is 12.5. The number of aromatic nitrogens is 2. The van der Waals surface area contributed by atoms with Crippen LogP contribution >= 0.6 is 0 Å². The molecule has 0 aromatic carbocycles. The molecule has 26 heavy (non-hydrogen) atoms. The number of imidazole rings is 1. The average molecular weight is 385 g/mol. The monoisotopic (exact) mass is 384 g/mol. The summed E-state index contributed by atoms with van der Waals surface area (Å²) in [5.74, 6) is 2.01. The van der Waals surface area contributed by atoms with Crippen molar-refractivity contribution in [1.82, 2.24) is 24.5 Å². The van der Waals surface area contributed by atoms with Crippen molar-refractivity contribution in [3.63, 3.8) is 0 Å². The molecule has 0 saturated carbocycles. The molecule has 1 fully saturated rings. The average Bonchev–Trinajstić information content (AvgIpc) is 3.05. The summed E-state index contributed by atoms with van der Waals surface area (Å²) in [5.41, 5.74) is 0. The number of unbranched alkanes of at least 4 members (excludes halogenated alkanes) is 1. The van der Waals surface area contributed by atoms with Crippen molar-refractivity contribution in [2.75, 3.05) is 32.4 Å². The highest BCUT2D eigenvalue weighted by Crippen LogP contribution is 2.14. The van der Waals surface area contributed by atoms with Crippen molar-refractivity contribution in [2.45, 2.75) is 52.1 Å². The molecule has 8 nitrogen and oxygen atoms in total. The normalized spacial score (nSPS) is 17.4. The lowest BCUT2D eigenvalue weighted by molar-refractivity contribution is 0.306. The summed E-state index contributed by atoms with van der Waals surface area (Å²) in [4.78, 5) is 8.50. The van der Waals surface area contributed by atoms with Gasteiger partial charge in [0, 0.05) is 51.7 Å². The molecule has 0 atom stereocenters. The summed E-state index contributed by atoms with van der Waals surface area (Å²) in [6.07, 6.45) is 7.57. The van der Waals surface area contributed by atoms with Gasteiger partial charge in [-0.15, -0.1) is 0 Å². The second-order valence-electron chi connectivity index (χ2n) is 6.59. The van der Waals surface area contributed by atoms with Crippen LogP contribution in [0.25, 0.3) is 0 Å². The Kier molecular flexibility index (Phi) is 7.89. The Balaban J connectivity index is 1.64. The Hall–Kier alpha value is -1.61. The van der Waals surface area contributed by atoms with Gasteiger partial charge in [0.05, 0.1) is 5.75 Å². The van der Waals surface area contributed by atoms with E-state index in [4.69, 9.17) is 0 Å². The summed E-state index contributed by atoms with van der Waals surface area (Å²) >= 11 is 0. The molecule has 2 heterocycles. The lowest BCUT2D eigenvalue weighted by atomic mass is 10.1.